The van der Waals surface area contributed by atoms with E-state index < -0.39 is 23.6 Å². The van der Waals surface area contributed by atoms with Crippen LogP contribution < -0.4 is 14.4 Å². The molecule has 1 aliphatic rings. The molecule has 0 aliphatic carbocycles. The van der Waals surface area contributed by atoms with Gasteiger partial charge in [0.05, 0.1) is 29.9 Å². The number of rotatable bonds is 7. The molecule has 3 rings (SSSR count). The van der Waals surface area contributed by atoms with Gasteiger partial charge < -0.3 is 14.2 Å². The third kappa shape index (κ3) is 5.85. The highest BCUT2D eigenvalue weighted by Crippen LogP contribution is 2.39. The normalized spacial score (nSPS) is 15.2. The second kappa shape index (κ2) is 10.3. The van der Waals surface area contributed by atoms with Crippen molar-refractivity contribution in [2.24, 2.45) is 0 Å². The van der Waals surface area contributed by atoms with E-state index in [9.17, 15) is 22.8 Å². The molecule has 0 atom stereocenters. The van der Waals surface area contributed by atoms with Crippen LogP contribution in [0.15, 0.2) is 47.4 Å². The van der Waals surface area contributed by atoms with Crippen molar-refractivity contribution in [1.82, 2.24) is 0 Å². The van der Waals surface area contributed by atoms with Crippen LogP contribution in [0.2, 0.25) is 0 Å². The number of methoxy groups -OCH3 is 1. The minimum Gasteiger partial charge on any atom is -0.490 e. The van der Waals surface area contributed by atoms with E-state index in [4.69, 9.17) is 21.7 Å². The van der Waals surface area contributed by atoms with E-state index in [0.717, 1.165) is 28.8 Å². The number of hydrogen-bond acceptors (Lipinski definition) is 7. The molecule has 174 valence electrons. The summed E-state index contributed by atoms with van der Waals surface area (Å²) in [5.74, 6) is -0.424. The summed E-state index contributed by atoms with van der Waals surface area (Å²) in [4.78, 5) is 25.6. The summed E-state index contributed by atoms with van der Waals surface area (Å²) in [6.45, 7) is 1.80. The number of esters is 1. The molecule has 0 aromatic heterocycles. The number of benzene rings is 2. The number of thioether (sulfide) groups is 1. The number of nitrogens with zero attached hydrogens (tertiary/aromatic N) is 1. The Balaban J connectivity index is 1.87. The first-order valence-corrected chi connectivity index (χ1v) is 10.8. The number of carbonyl (C=O) groups excluding carboxylic acids is 2. The Kier molecular flexibility index (Phi) is 7.65. The highest BCUT2D eigenvalue weighted by Gasteiger charge is 2.36. The first-order valence-electron chi connectivity index (χ1n) is 9.55. The zero-order valence-corrected chi connectivity index (χ0v) is 19.1. The monoisotopic (exact) mass is 497 g/mol. The van der Waals surface area contributed by atoms with Crippen LogP contribution in [0.1, 0.15) is 18.1 Å². The molecule has 1 heterocycles. The molecule has 1 aliphatic heterocycles. The van der Waals surface area contributed by atoms with Crippen LogP contribution in [0.3, 0.4) is 0 Å². The second-order valence-electron chi connectivity index (χ2n) is 6.57. The van der Waals surface area contributed by atoms with Crippen LogP contribution in [0, 0.1) is 0 Å². The molecule has 1 amide bonds. The minimum absolute atomic E-state index is 0.0392. The van der Waals surface area contributed by atoms with Crippen LogP contribution >= 0.6 is 24.0 Å². The maximum absolute atomic E-state index is 13.1. The van der Waals surface area contributed by atoms with E-state index in [1.54, 1.807) is 31.2 Å². The Morgan fingerprint density at radius 2 is 1.91 bits per heavy atom. The SMILES string of the molecule is CCOc1cc(/C=C2/SC(=S)N(c3cccc(C(F)(F)F)c3)C2=O)ccc1OCC(=O)OC. The molecule has 6 nitrogen and oxygen atoms in total. The lowest BCUT2D eigenvalue weighted by atomic mass is 10.1. The van der Waals surface area contributed by atoms with E-state index in [1.165, 1.54) is 19.2 Å². The van der Waals surface area contributed by atoms with Crippen LogP contribution in [-0.2, 0) is 20.5 Å². The van der Waals surface area contributed by atoms with Crippen molar-refractivity contribution >= 4 is 51.9 Å². The lowest BCUT2D eigenvalue weighted by Crippen LogP contribution is -2.27. The molecule has 1 fully saturated rings. The number of amides is 1. The Morgan fingerprint density at radius 3 is 2.58 bits per heavy atom. The average Bonchev–Trinajstić information content (AvgIpc) is 3.05. The smallest absolute Gasteiger partial charge is 0.416 e. The van der Waals surface area contributed by atoms with Gasteiger partial charge in [-0.3, -0.25) is 9.69 Å². The van der Waals surface area contributed by atoms with Crippen LogP contribution in [0.25, 0.3) is 6.08 Å². The van der Waals surface area contributed by atoms with Crippen LogP contribution in [-0.4, -0.2) is 36.5 Å². The standard InChI is InChI=1S/C22H18F3NO5S2/c1-3-30-17-9-13(7-8-16(17)31-12-19(27)29-2)10-18-20(28)26(21(32)33-18)15-6-4-5-14(11-15)22(23,24)25/h4-11H,3,12H2,1-2H3/b18-10+. The third-order valence-electron chi connectivity index (χ3n) is 4.36. The number of halogens is 3. The predicted molar refractivity (Wildman–Crippen MR) is 122 cm³/mol. The molecule has 0 bridgehead atoms. The number of hydrogen-bond donors (Lipinski definition) is 0. The molecule has 1 saturated heterocycles. The zero-order valence-electron chi connectivity index (χ0n) is 17.5. The zero-order chi connectivity index (χ0) is 24.2. The number of carbonyl (C=O) groups is 2. The van der Waals surface area contributed by atoms with E-state index in [1.807, 2.05) is 0 Å². The van der Waals surface area contributed by atoms with E-state index in [0.29, 0.717) is 23.7 Å². The van der Waals surface area contributed by atoms with Crippen LogP contribution in [0.5, 0.6) is 11.5 Å². The molecular formula is C22H18F3NO5S2. The Bertz CT molecular complexity index is 1120. The number of ether oxygens (including phenoxy) is 3. The first kappa shape index (κ1) is 24.6. The van der Waals surface area contributed by atoms with Crippen molar-refractivity contribution in [2.75, 3.05) is 25.2 Å². The van der Waals surface area contributed by atoms with Gasteiger partial charge >= 0.3 is 12.1 Å². The second-order valence-corrected chi connectivity index (χ2v) is 8.24. The van der Waals surface area contributed by atoms with Gasteiger partial charge in [-0.25, -0.2) is 4.79 Å². The first-order chi connectivity index (χ1) is 15.6. The Labute approximate surface area is 197 Å². The quantitative estimate of drug-likeness (QED) is 0.301. The van der Waals surface area contributed by atoms with Crippen LogP contribution in [0.4, 0.5) is 18.9 Å². The topological polar surface area (TPSA) is 65.1 Å². The van der Waals surface area contributed by atoms with Gasteiger partial charge in [-0.05, 0) is 48.9 Å². The highest BCUT2D eigenvalue weighted by atomic mass is 32.2. The summed E-state index contributed by atoms with van der Waals surface area (Å²) >= 11 is 6.23. The van der Waals surface area contributed by atoms with E-state index in [-0.39, 0.29) is 21.5 Å². The molecule has 0 spiro atoms. The molecule has 2 aromatic carbocycles. The van der Waals surface area contributed by atoms with Gasteiger partial charge in [0.2, 0.25) is 0 Å². The van der Waals surface area contributed by atoms with Crippen molar-refractivity contribution in [3.05, 3.63) is 58.5 Å². The summed E-state index contributed by atoms with van der Waals surface area (Å²) in [5.41, 5.74) is -0.257. The molecule has 2 aromatic rings. The molecule has 0 radical (unpaired) electrons. The molecule has 0 unspecified atom stereocenters. The Morgan fingerprint density at radius 1 is 1.15 bits per heavy atom. The maximum Gasteiger partial charge on any atom is 0.416 e. The minimum atomic E-state index is -4.54. The van der Waals surface area contributed by atoms with Gasteiger partial charge in [0, 0.05) is 0 Å². The van der Waals surface area contributed by atoms with Gasteiger partial charge in [-0.15, -0.1) is 0 Å². The Hall–Kier alpha value is -3.05. The fourth-order valence-corrected chi connectivity index (χ4v) is 4.16. The molecule has 0 saturated carbocycles. The molecular weight excluding hydrogens is 479 g/mol. The van der Waals surface area contributed by atoms with Gasteiger partial charge in [0.1, 0.15) is 0 Å². The third-order valence-corrected chi connectivity index (χ3v) is 5.67. The number of thiocarbonyl (C=S) groups is 1. The maximum atomic E-state index is 13.1. The predicted octanol–water partition coefficient (Wildman–Crippen LogP) is 5.06. The van der Waals surface area contributed by atoms with Crippen molar-refractivity contribution in [2.45, 2.75) is 13.1 Å². The van der Waals surface area contributed by atoms with E-state index >= 15 is 0 Å². The van der Waals surface area contributed by atoms with E-state index in [2.05, 4.69) is 4.74 Å². The van der Waals surface area contributed by atoms with Crippen molar-refractivity contribution < 1.29 is 37.0 Å². The molecule has 33 heavy (non-hydrogen) atoms. The lowest BCUT2D eigenvalue weighted by molar-refractivity contribution is -0.143. The van der Waals surface area contributed by atoms with Gasteiger partial charge in [0.25, 0.3) is 5.91 Å². The average molecular weight is 498 g/mol. The summed E-state index contributed by atoms with van der Waals surface area (Å²) in [5, 5.41) is 0. The van der Waals surface area contributed by atoms with Gasteiger partial charge in [-0.1, -0.05) is 36.1 Å². The number of anilines is 1. The molecule has 11 heteroatoms. The summed E-state index contributed by atoms with van der Waals surface area (Å²) < 4.78 is 54.8. The van der Waals surface area contributed by atoms with Crippen molar-refractivity contribution in [3.8, 4) is 11.5 Å². The van der Waals surface area contributed by atoms with Gasteiger partial charge in [-0.2, -0.15) is 13.2 Å². The lowest BCUT2D eigenvalue weighted by Gasteiger charge is -2.16. The molecule has 0 N–H and O–H groups in total. The summed E-state index contributed by atoms with van der Waals surface area (Å²) in [6, 6.07) is 9.27. The summed E-state index contributed by atoms with van der Waals surface area (Å²) in [7, 11) is 1.24. The number of alkyl halides is 3. The summed E-state index contributed by atoms with van der Waals surface area (Å²) in [6.07, 6.45) is -2.99. The van der Waals surface area contributed by atoms with Crippen molar-refractivity contribution in [1.29, 1.82) is 0 Å². The highest BCUT2D eigenvalue weighted by molar-refractivity contribution is 8.27. The fraction of sp³-hybridized carbons (Fsp3) is 0.227. The van der Waals surface area contributed by atoms with Crippen molar-refractivity contribution in [3.63, 3.8) is 0 Å². The van der Waals surface area contributed by atoms with Gasteiger partial charge in [0.15, 0.2) is 22.4 Å². The largest absolute Gasteiger partial charge is 0.490 e. The fourth-order valence-electron chi connectivity index (χ4n) is 2.86.